The maximum absolute atomic E-state index is 13.2. The molecule has 2 saturated heterocycles. The Bertz CT molecular complexity index is 957. The molecule has 164 valence electrons. The monoisotopic (exact) mass is 424 g/mol. The molecule has 0 aliphatic carbocycles. The van der Waals surface area contributed by atoms with Crippen molar-refractivity contribution in [2.24, 2.45) is 18.9 Å². The number of aliphatic carboxylic acids is 1. The molecular weight excluding hydrogens is 396 g/mol. The van der Waals surface area contributed by atoms with Gasteiger partial charge in [-0.05, 0) is 24.0 Å². The lowest BCUT2D eigenvalue weighted by atomic mass is 9.85. The molecule has 0 radical (unpaired) electrons. The number of carbonyl (C=O) groups is 3. The highest BCUT2D eigenvalue weighted by molar-refractivity contribution is 5.89. The molecule has 3 heterocycles. The van der Waals surface area contributed by atoms with Crippen molar-refractivity contribution in [2.45, 2.75) is 25.2 Å². The second-order valence-electron chi connectivity index (χ2n) is 8.63. The number of rotatable bonds is 6. The molecule has 8 nitrogen and oxygen atoms in total. The maximum Gasteiger partial charge on any atom is 0.308 e. The highest BCUT2D eigenvalue weighted by Crippen LogP contribution is 2.32. The molecule has 1 aromatic heterocycles. The van der Waals surface area contributed by atoms with E-state index >= 15 is 0 Å². The molecule has 3 unspecified atom stereocenters. The van der Waals surface area contributed by atoms with E-state index in [9.17, 15) is 19.5 Å². The van der Waals surface area contributed by atoms with Crippen LogP contribution in [-0.4, -0.2) is 68.6 Å². The van der Waals surface area contributed by atoms with Crippen LogP contribution in [0.5, 0.6) is 0 Å². The quantitative estimate of drug-likeness (QED) is 0.759. The van der Waals surface area contributed by atoms with E-state index in [1.54, 1.807) is 20.7 Å². The van der Waals surface area contributed by atoms with Crippen molar-refractivity contribution in [1.29, 1.82) is 0 Å². The minimum Gasteiger partial charge on any atom is -0.481 e. The van der Waals surface area contributed by atoms with Crippen LogP contribution < -0.4 is 0 Å². The molecule has 3 atom stereocenters. The lowest BCUT2D eigenvalue weighted by Crippen LogP contribution is -2.48. The Kier molecular flexibility index (Phi) is 6.06. The normalized spacial score (nSPS) is 23.9. The van der Waals surface area contributed by atoms with Crippen LogP contribution in [-0.2, 0) is 27.9 Å². The first kappa shape index (κ1) is 21.1. The molecule has 8 heteroatoms. The molecule has 2 fully saturated rings. The molecule has 0 spiro atoms. The number of piperidine rings is 1. The maximum atomic E-state index is 13.2. The van der Waals surface area contributed by atoms with E-state index in [0.29, 0.717) is 26.1 Å². The largest absolute Gasteiger partial charge is 0.481 e. The van der Waals surface area contributed by atoms with Gasteiger partial charge in [0, 0.05) is 51.8 Å². The summed E-state index contributed by atoms with van der Waals surface area (Å²) in [5, 5.41) is 13.8. The predicted octanol–water partition coefficient (Wildman–Crippen LogP) is 1.53. The highest BCUT2D eigenvalue weighted by atomic mass is 16.4. The summed E-state index contributed by atoms with van der Waals surface area (Å²) >= 11 is 0. The van der Waals surface area contributed by atoms with Crippen molar-refractivity contribution in [3.8, 4) is 0 Å². The second-order valence-corrected chi connectivity index (χ2v) is 8.63. The van der Waals surface area contributed by atoms with Gasteiger partial charge in [-0.1, -0.05) is 30.3 Å². The van der Waals surface area contributed by atoms with Gasteiger partial charge in [-0.15, -0.1) is 0 Å². The van der Waals surface area contributed by atoms with Gasteiger partial charge in [0.1, 0.15) is 0 Å². The summed E-state index contributed by atoms with van der Waals surface area (Å²) in [5.41, 5.74) is 2.10. The number of hydrogen-bond acceptors (Lipinski definition) is 4. The Hall–Kier alpha value is -3.16. The fourth-order valence-corrected chi connectivity index (χ4v) is 4.67. The fourth-order valence-electron chi connectivity index (χ4n) is 4.67. The number of aromatic nitrogens is 2. The summed E-state index contributed by atoms with van der Waals surface area (Å²) < 4.78 is 1.69. The van der Waals surface area contributed by atoms with E-state index in [-0.39, 0.29) is 30.7 Å². The molecular formula is C23H28N4O4. The van der Waals surface area contributed by atoms with E-state index < -0.39 is 17.8 Å². The van der Waals surface area contributed by atoms with Crippen LogP contribution in [0.25, 0.3) is 0 Å². The third-order valence-electron chi connectivity index (χ3n) is 6.38. The molecule has 4 rings (SSSR count). The van der Waals surface area contributed by atoms with Crippen molar-refractivity contribution in [2.75, 3.05) is 26.2 Å². The first-order valence-electron chi connectivity index (χ1n) is 10.7. The predicted molar refractivity (Wildman–Crippen MR) is 113 cm³/mol. The van der Waals surface area contributed by atoms with Gasteiger partial charge in [-0.3, -0.25) is 19.1 Å². The summed E-state index contributed by atoms with van der Waals surface area (Å²) in [5.74, 6) is -2.11. The molecule has 1 aromatic carbocycles. The fraction of sp³-hybridized carbons (Fsp3) is 0.478. The third-order valence-corrected chi connectivity index (χ3v) is 6.38. The number of carboxylic acids is 1. The minimum atomic E-state index is -0.890. The zero-order chi connectivity index (χ0) is 22.0. The van der Waals surface area contributed by atoms with Gasteiger partial charge in [0.2, 0.25) is 11.8 Å². The average Bonchev–Trinajstić information content (AvgIpc) is 3.37. The van der Waals surface area contributed by atoms with E-state index in [4.69, 9.17) is 0 Å². The standard InChI is InChI=1S/C23H28N4O4/c1-25-12-20(11-24-25)17-9-19(23(30)31)15-27(13-17)22(29)18-10-21(28)26(14-18)8-7-16-5-3-2-4-6-16/h2-6,11-12,17-19H,7-10,13-15H2,1H3,(H,30,31). The number of carboxylic acid groups (broad SMARTS) is 1. The molecule has 2 aliphatic rings. The Morgan fingerprint density at radius 2 is 1.90 bits per heavy atom. The van der Waals surface area contributed by atoms with Crippen molar-refractivity contribution in [1.82, 2.24) is 19.6 Å². The van der Waals surface area contributed by atoms with Gasteiger partial charge in [-0.25, -0.2) is 0 Å². The van der Waals surface area contributed by atoms with Crippen LogP contribution in [0.15, 0.2) is 42.7 Å². The summed E-state index contributed by atoms with van der Waals surface area (Å²) in [6.07, 6.45) is 5.04. The van der Waals surface area contributed by atoms with Gasteiger partial charge >= 0.3 is 5.97 Å². The first-order valence-corrected chi connectivity index (χ1v) is 10.7. The number of likely N-dealkylation sites (tertiary alicyclic amines) is 2. The Morgan fingerprint density at radius 1 is 1.13 bits per heavy atom. The zero-order valence-electron chi connectivity index (χ0n) is 17.7. The summed E-state index contributed by atoms with van der Waals surface area (Å²) in [7, 11) is 1.82. The van der Waals surface area contributed by atoms with Gasteiger partial charge in [0.05, 0.1) is 18.0 Å². The summed E-state index contributed by atoms with van der Waals surface area (Å²) in [6, 6.07) is 9.97. The number of carbonyl (C=O) groups excluding carboxylic acids is 2. The topological polar surface area (TPSA) is 95.7 Å². The highest BCUT2D eigenvalue weighted by Gasteiger charge is 2.40. The number of aryl methyl sites for hydroxylation is 1. The van der Waals surface area contributed by atoms with Crippen molar-refractivity contribution in [3.05, 3.63) is 53.9 Å². The number of amides is 2. The van der Waals surface area contributed by atoms with Gasteiger partial charge < -0.3 is 14.9 Å². The SMILES string of the molecule is Cn1cc(C2CC(C(=O)O)CN(C(=O)C3CC(=O)N(CCc4ccccc4)C3)C2)cn1. The molecule has 1 N–H and O–H groups in total. The lowest BCUT2D eigenvalue weighted by molar-refractivity contribution is -0.147. The van der Waals surface area contributed by atoms with Crippen LogP contribution in [0, 0.1) is 11.8 Å². The molecule has 2 amide bonds. The van der Waals surface area contributed by atoms with E-state index in [2.05, 4.69) is 5.10 Å². The molecule has 2 aromatic rings. The van der Waals surface area contributed by atoms with Crippen LogP contribution >= 0.6 is 0 Å². The van der Waals surface area contributed by atoms with Crippen LogP contribution in [0.3, 0.4) is 0 Å². The van der Waals surface area contributed by atoms with E-state index in [1.165, 1.54) is 0 Å². The van der Waals surface area contributed by atoms with Crippen molar-refractivity contribution >= 4 is 17.8 Å². The number of nitrogens with zero attached hydrogens (tertiary/aromatic N) is 4. The molecule has 31 heavy (non-hydrogen) atoms. The van der Waals surface area contributed by atoms with E-state index in [0.717, 1.165) is 17.5 Å². The van der Waals surface area contributed by atoms with Crippen LogP contribution in [0.1, 0.15) is 29.9 Å². The van der Waals surface area contributed by atoms with Crippen molar-refractivity contribution in [3.63, 3.8) is 0 Å². The Balaban J connectivity index is 1.41. The van der Waals surface area contributed by atoms with E-state index in [1.807, 2.05) is 43.6 Å². The van der Waals surface area contributed by atoms with Crippen LogP contribution in [0.2, 0.25) is 0 Å². The summed E-state index contributed by atoms with van der Waals surface area (Å²) in [4.78, 5) is 40.9. The Labute approximate surface area is 181 Å². The van der Waals surface area contributed by atoms with Crippen molar-refractivity contribution < 1.29 is 19.5 Å². The second kappa shape index (κ2) is 8.91. The van der Waals surface area contributed by atoms with Gasteiger partial charge in [0.15, 0.2) is 0 Å². The summed E-state index contributed by atoms with van der Waals surface area (Å²) in [6.45, 7) is 1.64. The Morgan fingerprint density at radius 3 is 2.58 bits per heavy atom. The molecule has 0 saturated carbocycles. The number of hydrogen-bond donors (Lipinski definition) is 1. The van der Waals surface area contributed by atoms with Crippen LogP contribution in [0.4, 0.5) is 0 Å². The molecule has 0 bridgehead atoms. The smallest absolute Gasteiger partial charge is 0.308 e. The molecule has 2 aliphatic heterocycles. The first-order chi connectivity index (χ1) is 14.9. The zero-order valence-corrected chi connectivity index (χ0v) is 17.7. The van der Waals surface area contributed by atoms with Gasteiger partial charge in [-0.2, -0.15) is 5.10 Å². The lowest BCUT2D eigenvalue weighted by Gasteiger charge is -2.37. The number of benzene rings is 1. The van der Waals surface area contributed by atoms with Gasteiger partial charge in [0.25, 0.3) is 0 Å². The minimum absolute atomic E-state index is 0.00937. The average molecular weight is 425 g/mol. The third kappa shape index (κ3) is 4.78.